The number of benzene rings is 1. The first-order chi connectivity index (χ1) is 12.2. The molecule has 2 amide bonds. The Morgan fingerprint density at radius 1 is 1.36 bits per heavy atom. The zero-order chi connectivity index (χ0) is 17.3. The van der Waals surface area contributed by atoms with Crippen LogP contribution in [0.1, 0.15) is 19.8 Å². The highest BCUT2D eigenvalue weighted by Crippen LogP contribution is 2.42. The lowest BCUT2D eigenvalue weighted by atomic mass is 10.1. The van der Waals surface area contributed by atoms with Crippen LogP contribution in [0, 0.1) is 0 Å². The van der Waals surface area contributed by atoms with Crippen LogP contribution in [0.2, 0.25) is 0 Å². The van der Waals surface area contributed by atoms with E-state index in [1.54, 1.807) is 4.90 Å². The van der Waals surface area contributed by atoms with Crippen LogP contribution >= 0.6 is 0 Å². The van der Waals surface area contributed by atoms with Gasteiger partial charge < -0.3 is 29.2 Å². The van der Waals surface area contributed by atoms with Crippen LogP contribution in [0.3, 0.4) is 0 Å². The number of rotatable bonds is 3. The molecule has 2 atom stereocenters. The molecule has 3 aliphatic rings. The number of para-hydroxylation sites is 2. The topological polar surface area (TPSA) is 69.3 Å². The van der Waals surface area contributed by atoms with Gasteiger partial charge in [-0.05, 0) is 25.5 Å². The van der Waals surface area contributed by atoms with E-state index in [1.165, 1.54) is 0 Å². The number of nitrogens with zero attached hydrogens (tertiary/aromatic N) is 1. The van der Waals surface area contributed by atoms with Crippen molar-refractivity contribution >= 4 is 6.03 Å². The Kier molecular flexibility index (Phi) is 4.43. The smallest absolute Gasteiger partial charge is 0.317 e. The SMILES string of the molecule is CCOC1COCCC1NC(=O)N1CCC2(C1)Oc1ccccc1O2. The van der Waals surface area contributed by atoms with Crippen LogP contribution in [0.5, 0.6) is 11.5 Å². The van der Waals surface area contributed by atoms with Gasteiger partial charge >= 0.3 is 6.03 Å². The summed E-state index contributed by atoms with van der Waals surface area (Å²) < 4.78 is 23.1. The van der Waals surface area contributed by atoms with Crippen molar-refractivity contribution < 1.29 is 23.7 Å². The molecule has 3 aliphatic heterocycles. The lowest BCUT2D eigenvalue weighted by Gasteiger charge is -2.33. The van der Waals surface area contributed by atoms with Gasteiger partial charge in [0.1, 0.15) is 6.10 Å². The minimum atomic E-state index is -0.754. The number of carbonyl (C=O) groups is 1. The fourth-order valence-corrected chi connectivity index (χ4v) is 3.64. The average molecular weight is 348 g/mol. The van der Waals surface area contributed by atoms with Crippen molar-refractivity contribution in [1.82, 2.24) is 10.2 Å². The number of amides is 2. The number of carbonyl (C=O) groups excluding carboxylic acids is 1. The van der Waals surface area contributed by atoms with E-state index in [9.17, 15) is 4.79 Å². The molecule has 2 unspecified atom stereocenters. The van der Waals surface area contributed by atoms with Crippen molar-refractivity contribution in [1.29, 1.82) is 0 Å². The fourth-order valence-electron chi connectivity index (χ4n) is 3.64. The van der Waals surface area contributed by atoms with Crippen molar-refractivity contribution in [2.45, 2.75) is 37.7 Å². The first-order valence-corrected chi connectivity index (χ1v) is 8.91. The maximum Gasteiger partial charge on any atom is 0.317 e. The molecule has 0 saturated carbocycles. The van der Waals surface area contributed by atoms with Gasteiger partial charge in [0.2, 0.25) is 0 Å². The molecule has 0 aromatic heterocycles. The second-order valence-electron chi connectivity index (χ2n) is 6.65. The molecule has 2 fully saturated rings. The molecular formula is C18H24N2O5. The van der Waals surface area contributed by atoms with E-state index in [1.807, 2.05) is 31.2 Å². The number of hydrogen-bond donors (Lipinski definition) is 1. The highest BCUT2D eigenvalue weighted by atomic mass is 16.7. The van der Waals surface area contributed by atoms with Crippen molar-refractivity contribution in [3.05, 3.63) is 24.3 Å². The summed E-state index contributed by atoms with van der Waals surface area (Å²) in [7, 11) is 0. The third-order valence-electron chi connectivity index (χ3n) is 4.92. The van der Waals surface area contributed by atoms with Crippen LogP contribution in [-0.2, 0) is 9.47 Å². The van der Waals surface area contributed by atoms with Crippen molar-refractivity contribution in [2.75, 3.05) is 32.9 Å². The Labute approximate surface area is 147 Å². The minimum Gasteiger partial charge on any atom is -0.447 e. The Morgan fingerprint density at radius 2 is 2.12 bits per heavy atom. The maximum absolute atomic E-state index is 12.7. The van der Waals surface area contributed by atoms with Gasteiger partial charge in [-0.15, -0.1) is 0 Å². The first kappa shape index (κ1) is 16.5. The Balaban J connectivity index is 1.36. The molecule has 136 valence electrons. The van der Waals surface area contributed by atoms with Crippen LogP contribution in [-0.4, -0.2) is 61.8 Å². The summed E-state index contributed by atoms with van der Waals surface area (Å²) in [6.07, 6.45) is 1.31. The summed E-state index contributed by atoms with van der Waals surface area (Å²) in [5.41, 5.74) is 0. The minimum absolute atomic E-state index is 0.0274. The molecule has 1 N–H and O–H groups in total. The zero-order valence-corrected chi connectivity index (χ0v) is 14.4. The van der Waals surface area contributed by atoms with Crippen LogP contribution < -0.4 is 14.8 Å². The summed E-state index contributed by atoms with van der Waals surface area (Å²) in [6.45, 7) is 4.72. The van der Waals surface area contributed by atoms with Gasteiger partial charge in [0, 0.05) is 26.2 Å². The molecule has 2 saturated heterocycles. The number of likely N-dealkylation sites (tertiary alicyclic amines) is 1. The molecule has 7 heteroatoms. The number of urea groups is 1. The summed E-state index contributed by atoms with van der Waals surface area (Å²) in [4.78, 5) is 14.4. The second kappa shape index (κ2) is 6.72. The third kappa shape index (κ3) is 3.26. The summed E-state index contributed by atoms with van der Waals surface area (Å²) in [5.74, 6) is 0.729. The maximum atomic E-state index is 12.7. The van der Waals surface area contributed by atoms with E-state index < -0.39 is 5.79 Å². The Morgan fingerprint density at radius 3 is 2.84 bits per heavy atom. The molecule has 1 aromatic rings. The second-order valence-corrected chi connectivity index (χ2v) is 6.65. The highest BCUT2D eigenvalue weighted by Gasteiger charge is 2.49. The van der Waals surface area contributed by atoms with Gasteiger partial charge in [0.15, 0.2) is 11.5 Å². The molecule has 0 aliphatic carbocycles. The van der Waals surface area contributed by atoms with Crippen molar-refractivity contribution in [3.63, 3.8) is 0 Å². The summed E-state index contributed by atoms with van der Waals surface area (Å²) in [5, 5.41) is 3.09. The molecule has 7 nitrogen and oxygen atoms in total. The van der Waals surface area contributed by atoms with Crippen molar-refractivity contribution in [2.24, 2.45) is 0 Å². The summed E-state index contributed by atoms with van der Waals surface area (Å²) in [6, 6.07) is 7.49. The van der Waals surface area contributed by atoms with E-state index in [0.29, 0.717) is 39.3 Å². The van der Waals surface area contributed by atoms with Crippen molar-refractivity contribution in [3.8, 4) is 11.5 Å². The molecular weight excluding hydrogens is 324 g/mol. The summed E-state index contributed by atoms with van der Waals surface area (Å²) >= 11 is 0. The molecule has 25 heavy (non-hydrogen) atoms. The van der Waals surface area contributed by atoms with Gasteiger partial charge in [-0.1, -0.05) is 12.1 Å². The zero-order valence-electron chi connectivity index (χ0n) is 14.4. The number of nitrogens with one attached hydrogen (secondary N) is 1. The number of hydrogen-bond acceptors (Lipinski definition) is 5. The van der Waals surface area contributed by atoms with Gasteiger partial charge in [-0.25, -0.2) is 4.79 Å². The van der Waals surface area contributed by atoms with E-state index >= 15 is 0 Å². The van der Waals surface area contributed by atoms with Crippen LogP contribution in [0.4, 0.5) is 4.79 Å². The largest absolute Gasteiger partial charge is 0.447 e. The third-order valence-corrected chi connectivity index (χ3v) is 4.92. The predicted octanol–water partition coefficient (Wildman–Crippen LogP) is 1.76. The quantitative estimate of drug-likeness (QED) is 0.901. The van der Waals surface area contributed by atoms with E-state index in [-0.39, 0.29) is 18.2 Å². The standard InChI is InChI=1S/C18H24N2O5/c1-2-23-16-11-22-10-7-13(16)19-17(21)20-9-8-18(12-20)24-14-5-3-4-6-15(14)25-18/h3-6,13,16H,2,7-12H2,1H3,(H,19,21). The molecule has 0 bridgehead atoms. The van der Waals surface area contributed by atoms with E-state index in [0.717, 1.165) is 17.9 Å². The van der Waals surface area contributed by atoms with Gasteiger partial charge in [-0.2, -0.15) is 0 Å². The molecule has 4 rings (SSSR count). The Bertz CT molecular complexity index is 611. The van der Waals surface area contributed by atoms with Gasteiger partial charge in [0.05, 0.1) is 19.2 Å². The fraction of sp³-hybridized carbons (Fsp3) is 0.611. The van der Waals surface area contributed by atoms with Crippen LogP contribution in [0.25, 0.3) is 0 Å². The molecule has 3 heterocycles. The number of ether oxygens (including phenoxy) is 4. The van der Waals surface area contributed by atoms with E-state index in [2.05, 4.69) is 5.32 Å². The lowest BCUT2D eigenvalue weighted by Crippen LogP contribution is -2.54. The van der Waals surface area contributed by atoms with Gasteiger partial charge in [-0.3, -0.25) is 0 Å². The highest BCUT2D eigenvalue weighted by molar-refractivity contribution is 5.75. The van der Waals surface area contributed by atoms with Crippen LogP contribution in [0.15, 0.2) is 24.3 Å². The van der Waals surface area contributed by atoms with E-state index in [4.69, 9.17) is 18.9 Å². The molecule has 0 radical (unpaired) electrons. The predicted molar refractivity (Wildman–Crippen MR) is 89.8 cm³/mol. The Hall–Kier alpha value is -1.99. The average Bonchev–Trinajstić information content (AvgIpc) is 3.20. The number of fused-ring (bicyclic) bond motifs is 1. The normalized spacial score (nSPS) is 26.8. The molecule has 1 spiro atoms. The monoisotopic (exact) mass is 348 g/mol. The van der Waals surface area contributed by atoms with Gasteiger partial charge in [0.25, 0.3) is 5.79 Å². The molecule has 1 aromatic carbocycles. The lowest BCUT2D eigenvalue weighted by molar-refractivity contribution is -0.0681. The first-order valence-electron chi connectivity index (χ1n) is 8.91.